The lowest BCUT2D eigenvalue weighted by molar-refractivity contribution is 0.0142. The Hall–Kier alpha value is -1.69. The minimum Gasteiger partial charge on any atom is -0.390 e. The number of aliphatic imine (C=N–C) groups is 1. The van der Waals surface area contributed by atoms with Crippen LogP contribution in [0.3, 0.4) is 0 Å². The summed E-state index contributed by atoms with van der Waals surface area (Å²) in [6.45, 7) is 5.50. The predicted octanol–water partition coefficient (Wildman–Crippen LogP) is 5.47. The van der Waals surface area contributed by atoms with Crippen molar-refractivity contribution in [3.05, 3.63) is 59.8 Å². The first-order valence-electron chi connectivity index (χ1n) is 12.7. The number of aromatic nitrogens is 1. The van der Waals surface area contributed by atoms with E-state index in [1.165, 1.54) is 0 Å². The van der Waals surface area contributed by atoms with Gasteiger partial charge >= 0.3 is 0 Å². The first-order valence-corrected chi connectivity index (χ1v) is 15.4. The number of H-pyrrole nitrogens is 1. The van der Waals surface area contributed by atoms with Crippen LogP contribution in [0.2, 0.25) is 0 Å². The van der Waals surface area contributed by atoms with Crippen LogP contribution in [-0.2, 0) is 10.0 Å². The topological polar surface area (TPSA) is 97.8 Å². The van der Waals surface area contributed by atoms with Crippen LogP contribution in [0, 0.1) is 6.92 Å². The van der Waals surface area contributed by atoms with Crippen LogP contribution in [0.1, 0.15) is 50.3 Å². The molecule has 206 valence electrons. The number of benzene rings is 2. The van der Waals surface area contributed by atoms with Gasteiger partial charge in [0.25, 0.3) is 10.0 Å². The third-order valence-electron chi connectivity index (χ3n) is 7.26. The molecule has 5 rings (SSSR count). The summed E-state index contributed by atoms with van der Waals surface area (Å²) in [5.74, 6) is 0. The average Bonchev–Trinajstić information content (AvgIpc) is 3.51. The molecule has 0 spiro atoms. The minimum absolute atomic E-state index is 0. The predicted molar refractivity (Wildman–Crippen MR) is 164 cm³/mol. The molecular formula is C27H35ClN4O3S3. The van der Waals surface area contributed by atoms with Crippen LogP contribution < -0.4 is 9.03 Å². The van der Waals surface area contributed by atoms with Crippen LogP contribution in [0.25, 0.3) is 10.9 Å². The number of aromatic amines is 1. The number of nitrogens with zero attached hydrogens (tertiary/aromatic N) is 2. The summed E-state index contributed by atoms with van der Waals surface area (Å²) in [5.41, 5.74) is 2.45. The normalized spacial score (nSPS) is 23.7. The molecule has 1 aromatic heterocycles. The van der Waals surface area contributed by atoms with Gasteiger partial charge in [0.15, 0.2) is 0 Å². The van der Waals surface area contributed by atoms with E-state index in [-0.39, 0.29) is 17.3 Å². The summed E-state index contributed by atoms with van der Waals surface area (Å²) < 4.78 is 27.6. The van der Waals surface area contributed by atoms with Crippen LogP contribution in [0.15, 0.2) is 58.4 Å². The lowest BCUT2D eigenvalue weighted by Crippen LogP contribution is -2.40. The number of anilines is 1. The molecular weight excluding hydrogens is 560 g/mol. The molecule has 2 aliphatic rings. The quantitative estimate of drug-likeness (QED) is 0.259. The van der Waals surface area contributed by atoms with Crippen LogP contribution in [0.4, 0.5) is 5.69 Å². The molecule has 0 amide bonds. The third-order valence-corrected chi connectivity index (χ3v) is 10.9. The Morgan fingerprint density at radius 2 is 1.95 bits per heavy atom. The maximum Gasteiger partial charge on any atom is 0.273 e. The molecule has 1 unspecified atom stereocenters. The van der Waals surface area contributed by atoms with Gasteiger partial charge in [-0.05, 0) is 95.1 Å². The van der Waals surface area contributed by atoms with Gasteiger partial charge < -0.3 is 15.4 Å². The van der Waals surface area contributed by atoms with E-state index in [4.69, 9.17) is 4.99 Å². The number of rotatable bonds is 8. The summed E-state index contributed by atoms with van der Waals surface area (Å²) in [7, 11) is -3.83. The third kappa shape index (κ3) is 6.37. The van der Waals surface area contributed by atoms with Crippen molar-refractivity contribution in [2.75, 3.05) is 16.8 Å². The Morgan fingerprint density at radius 1 is 1.21 bits per heavy atom. The number of thiol groups is 1. The summed E-state index contributed by atoms with van der Waals surface area (Å²) in [5, 5.41) is 16.1. The summed E-state index contributed by atoms with van der Waals surface area (Å²) in [4.78, 5) is 8.40. The Balaban J connectivity index is 0.00000336. The second kappa shape index (κ2) is 11.8. The molecule has 1 aliphatic heterocycles. The highest BCUT2D eigenvalue weighted by molar-refractivity contribution is 8.15. The minimum atomic E-state index is -3.83. The van der Waals surface area contributed by atoms with E-state index >= 15 is 0 Å². The van der Waals surface area contributed by atoms with E-state index in [0.717, 1.165) is 70.6 Å². The number of fused-ring (bicyclic) bond motifs is 1. The molecule has 11 heteroatoms. The molecule has 7 nitrogen and oxygen atoms in total. The van der Waals surface area contributed by atoms with Crippen molar-refractivity contribution < 1.29 is 13.5 Å². The van der Waals surface area contributed by atoms with Crippen molar-refractivity contribution >= 4 is 68.6 Å². The van der Waals surface area contributed by atoms with E-state index < -0.39 is 15.6 Å². The molecule has 0 bridgehead atoms. The zero-order valence-corrected chi connectivity index (χ0v) is 24.9. The van der Waals surface area contributed by atoms with Gasteiger partial charge in [0.1, 0.15) is 5.04 Å². The fourth-order valence-electron chi connectivity index (χ4n) is 5.03. The Morgan fingerprint density at radius 3 is 2.68 bits per heavy atom. The van der Waals surface area contributed by atoms with E-state index in [1.54, 1.807) is 36.0 Å². The maximum absolute atomic E-state index is 13.3. The second-order valence-corrected chi connectivity index (χ2v) is 14.1. The number of thioether (sulfide) groups is 1. The first kappa shape index (κ1) is 29.3. The van der Waals surface area contributed by atoms with Gasteiger partial charge in [-0.15, -0.1) is 12.4 Å². The van der Waals surface area contributed by atoms with Crippen LogP contribution in [0.5, 0.6) is 0 Å². The average molecular weight is 595 g/mol. The molecule has 2 heterocycles. The van der Waals surface area contributed by atoms with Gasteiger partial charge in [-0.2, -0.15) is 0 Å². The monoisotopic (exact) mass is 594 g/mol. The number of halogens is 1. The number of aryl methyl sites for hydroxylation is 1. The molecule has 1 fully saturated rings. The maximum atomic E-state index is 13.3. The second-order valence-electron chi connectivity index (χ2n) is 10.4. The first-order chi connectivity index (χ1) is 17.6. The fraction of sp³-hybridized carbons (Fsp3) is 0.444. The van der Waals surface area contributed by atoms with Crippen LogP contribution in [-0.4, -0.2) is 53.5 Å². The Kier molecular flexibility index (Phi) is 9.11. The molecule has 1 atom stereocenters. The molecule has 0 radical (unpaired) electrons. The number of nitrogens with one attached hydrogen (secondary N) is 2. The lowest BCUT2D eigenvalue weighted by Gasteiger charge is -2.33. The molecule has 1 saturated carbocycles. The zero-order valence-electron chi connectivity index (χ0n) is 21.6. The molecule has 3 N–H and O–H groups in total. The zero-order chi connectivity index (χ0) is 26.2. The van der Waals surface area contributed by atoms with Gasteiger partial charge in [0.2, 0.25) is 0 Å². The van der Waals surface area contributed by atoms with Crippen molar-refractivity contribution in [1.29, 1.82) is 0 Å². The summed E-state index contributed by atoms with van der Waals surface area (Å²) in [6, 6.07) is 14.9. The highest BCUT2D eigenvalue weighted by Crippen LogP contribution is 2.35. The van der Waals surface area contributed by atoms with E-state index in [1.807, 2.05) is 38.1 Å². The van der Waals surface area contributed by atoms with Gasteiger partial charge in [0.05, 0.1) is 33.9 Å². The SMILES string of the molecule is Cc1cccc(S(=O)(=O)N(S)c2cccc3cc(C4=NCC(CCNC5CCC(C)(O)CC5)S4)[nH]c23)c1.Cl. The molecule has 38 heavy (non-hydrogen) atoms. The van der Waals surface area contributed by atoms with Gasteiger partial charge in [-0.25, -0.2) is 12.1 Å². The van der Waals surface area contributed by atoms with Crippen molar-refractivity contribution in [2.24, 2.45) is 4.99 Å². The van der Waals surface area contributed by atoms with Gasteiger partial charge in [0, 0.05) is 16.7 Å². The number of hydrogen-bond donors (Lipinski definition) is 4. The number of sulfonamides is 1. The van der Waals surface area contributed by atoms with E-state index in [9.17, 15) is 13.5 Å². The molecule has 3 aromatic rings. The smallest absolute Gasteiger partial charge is 0.273 e. The molecule has 1 aliphatic carbocycles. The highest BCUT2D eigenvalue weighted by Gasteiger charge is 2.29. The summed E-state index contributed by atoms with van der Waals surface area (Å²) in [6.07, 6.45) is 4.77. The standard InChI is InChI=1S/C27H34N4O3S3.ClH/c1-18-5-3-7-22(15-18)37(33,34)31(35)24-8-4-6-19-16-23(30-25(19)24)26-29-17-21(36-26)11-14-28-20-9-12-27(2,32)13-10-20;/h3-8,15-16,20-21,28,30,32,35H,9-14,17H2,1-2H3;1H. The van der Waals surface area contributed by atoms with Gasteiger partial charge in [-0.3, -0.25) is 4.99 Å². The van der Waals surface area contributed by atoms with Crippen molar-refractivity contribution in [3.63, 3.8) is 0 Å². The number of hydrogen-bond acceptors (Lipinski definition) is 7. The molecule has 2 aromatic carbocycles. The number of para-hydroxylation sites is 1. The Bertz CT molecular complexity index is 1410. The highest BCUT2D eigenvalue weighted by atomic mass is 35.5. The Labute approximate surface area is 240 Å². The largest absolute Gasteiger partial charge is 0.390 e. The summed E-state index contributed by atoms with van der Waals surface area (Å²) >= 11 is 6.19. The number of aliphatic hydroxyl groups is 1. The van der Waals surface area contributed by atoms with Crippen molar-refractivity contribution in [3.8, 4) is 0 Å². The van der Waals surface area contributed by atoms with Gasteiger partial charge in [-0.1, -0.05) is 36.0 Å². The lowest BCUT2D eigenvalue weighted by atomic mass is 9.83. The van der Waals surface area contributed by atoms with Crippen molar-refractivity contribution in [1.82, 2.24) is 10.3 Å². The fourth-order valence-corrected chi connectivity index (χ4v) is 7.76. The van der Waals surface area contributed by atoms with E-state index in [0.29, 0.717) is 22.5 Å². The van der Waals surface area contributed by atoms with Crippen molar-refractivity contribution in [2.45, 2.75) is 67.7 Å². The van der Waals surface area contributed by atoms with E-state index in [2.05, 4.69) is 23.1 Å². The molecule has 0 saturated heterocycles. The van der Waals surface area contributed by atoms with Crippen LogP contribution >= 0.6 is 37.0 Å².